The maximum absolute atomic E-state index is 12.6. The van der Waals surface area contributed by atoms with E-state index >= 15 is 0 Å². The molecule has 1 aromatic carbocycles. The molecule has 8 nitrogen and oxygen atoms in total. The van der Waals surface area contributed by atoms with Crippen LogP contribution in [0.15, 0.2) is 36.5 Å². The summed E-state index contributed by atoms with van der Waals surface area (Å²) in [4.78, 5) is 33.1. The summed E-state index contributed by atoms with van der Waals surface area (Å²) in [5.74, 6) is 0.283. The van der Waals surface area contributed by atoms with Crippen LogP contribution in [0.5, 0.6) is 5.75 Å². The lowest BCUT2D eigenvalue weighted by Gasteiger charge is -2.37. The fraction of sp³-hybridized carbons (Fsp3) is 0.536. The molecule has 0 bridgehead atoms. The van der Waals surface area contributed by atoms with Crippen LogP contribution >= 0.6 is 0 Å². The maximum atomic E-state index is 12.6. The summed E-state index contributed by atoms with van der Waals surface area (Å²) in [6.45, 7) is 5.72. The molecule has 3 aliphatic rings. The van der Waals surface area contributed by atoms with Gasteiger partial charge in [0, 0.05) is 61.7 Å². The van der Waals surface area contributed by atoms with Gasteiger partial charge in [-0.1, -0.05) is 0 Å². The van der Waals surface area contributed by atoms with Gasteiger partial charge in [-0.15, -0.1) is 0 Å². The molecule has 0 radical (unpaired) electrons. The van der Waals surface area contributed by atoms with Crippen molar-refractivity contribution in [2.75, 3.05) is 49.5 Å². The molecular weight excluding hydrogens is 511 g/mol. The Bertz CT molecular complexity index is 1160. The van der Waals surface area contributed by atoms with Crippen LogP contribution in [0, 0.1) is 5.92 Å². The van der Waals surface area contributed by atoms with Gasteiger partial charge >= 0.3 is 12.1 Å². The number of benzene rings is 1. The average Bonchev–Trinajstić information content (AvgIpc) is 3.42. The molecule has 5 rings (SSSR count). The number of pyridine rings is 1. The van der Waals surface area contributed by atoms with Gasteiger partial charge in [-0.05, 0) is 74.9 Å². The maximum Gasteiger partial charge on any atom is 0.471 e. The van der Waals surface area contributed by atoms with E-state index in [1.807, 2.05) is 12.3 Å². The minimum atomic E-state index is -4.96. The summed E-state index contributed by atoms with van der Waals surface area (Å²) in [5, 5.41) is 4.82. The lowest BCUT2D eigenvalue weighted by atomic mass is 9.84. The molecule has 0 atom stereocenters. The van der Waals surface area contributed by atoms with E-state index in [0.29, 0.717) is 11.5 Å². The molecule has 210 valence electrons. The Kier molecular flexibility index (Phi) is 8.25. The summed E-state index contributed by atoms with van der Waals surface area (Å²) in [5.41, 5.74) is 1.59. The quantitative estimate of drug-likeness (QED) is 0.547. The number of ether oxygens (including phenoxy) is 1. The third-order valence-corrected chi connectivity index (χ3v) is 7.95. The van der Waals surface area contributed by atoms with Crippen LogP contribution in [0.1, 0.15) is 48.0 Å². The Hall–Kier alpha value is -3.34. The third-order valence-electron chi connectivity index (χ3n) is 7.95. The van der Waals surface area contributed by atoms with Gasteiger partial charge in [0.1, 0.15) is 0 Å². The number of anilines is 2. The lowest BCUT2D eigenvalue weighted by Crippen LogP contribution is -2.47. The van der Waals surface area contributed by atoms with Crippen LogP contribution in [-0.4, -0.2) is 73.2 Å². The molecule has 0 spiro atoms. The molecule has 1 saturated carbocycles. The van der Waals surface area contributed by atoms with E-state index in [1.165, 1.54) is 29.8 Å². The predicted octanol–water partition coefficient (Wildman–Crippen LogP) is 4.02. The number of piperazine rings is 1. The highest BCUT2D eigenvalue weighted by atomic mass is 19.4. The molecule has 1 aromatic heterocycles. The van der Waals surface area contributed by atoms with Crippen molar-refractivity contribution in [1.82, 2.24) is 15.2 Å². The van der Waals surface area contributed by atoms with Crippen molar-refractivity contribution in [3.05, 3.63) is 47.7 Å². The molecule has 39 heavy (non-hydrogen) atoms. The molecule has 3 heterocycles. The first-order valence-corrected chi connectivity index (χ1v) is 13.6. The number of nitrogens with zero attached hydrogens (tertiary/aromatic N) is 3. The van der Waals surface area contributed by atoms with Gasteiger partial charge in [-0.2, -0.15) is 13.2 Å². The fourth-order valence-corrected chi connectivity index (χ4v) is 5.64. The molecule has 2 amide bonds. The van der Waals surface area contributed by atoms with Gasteiger partial charge < -0.3 is 20.3 Å². The molecular formula is C28H34F3N5O3. The number of halogens is 3. The molecule has 1 saturated heterocycles. The smallest absolute Gasteiger partial charge is 0.471 e. The number of aromatic nitrogens is 1. The minimum absolute atomic E-state index is 0.00921. The summed E-state index contributed by atoms with van der Waals surface area (Å²) in [7, 11) is 0. The molecule has 0 unspecified atom stereocenters. The summed E-state index contributed by atoms with van der Waals surface area (Å²) >= 11 is 0. The highest BCUT2D eigenvalue weighted by Gasteiger charge is 2.38. The van der Waals surface area contributed by atoms with E-state index in [1.54, 1.807) is 5.32 Å². The molecule has 2 aromatic rings. The highest BCUT2D eigenvalue weighted by Crippen LogP contribution is 2.34. The largest absolute Gasteiger partial charge is 0.489 e. The Labute approximate surface area is 225 Å². The molecule has 11 heteroatoms. The van der Waals surface area contributed by atoms with Crippen LogP contribution in [-0.2, 0) is 11.2 Å². The number of fused-ring (bicyclic) bond motifs is 1. The second-order valence-corrected chi connectivity index (χ2v) is 10.6. The number of nitrogens with one attached hydrogen (secondary N) is 2. The van der Waals surface area contributed by atoms with Gasteiger partial charge in [0.2, 0.25) is 0 Å². The van der Waals surface area contributed by atoms with E-state index in [-0.39, 0.29) is 17.6 Å². The topological polar surface area (TPSA) is 86.8 Å². The third kappa shape index (κ3) is 6.81. The Balaban J connectivity index is 1.00. The van der Waals surface area contributed by atoms with Gasteiger partial charge in [-0.25, -0.2) is 4.98 Å². The van der Waals surface area contributed by atoms with Crippen molar-refractivity contribution in [1.29, 1.82) is 0 Å². The van der Waals surface area contributed by atoms with Crippen molar-refractivity contribution in [3.8, 4) is 5.75 Å². The van der Waals surface area contributed by atoms with E-state index in [9.17, 15) is 22.8 Å². The molecule has 2 aliphatic heterocycles. The first-order chi connectivity index (χ1) is 18.8. The zero-order chi connectivity index (χ0) is 27.4. The number of alkyl halides is 3. The number of carbonyl (C=O) groups excluding carboxylic acids is 2. The predicted molar refractivity (Wildman–Crippen MR) is 141 cm³/mol. The molecule has 1 aliphatic carbocycles. The Morgan fingerprint density at radius 3 is 2.41 bits per heavy atom. The number of hydrogen-bond acceptors (Lipinski definition) is 6. The van der Waals surface area contributed by atoms with Crippen molar-refractivity contribution < 1.29 is 27.5 Å². The average molecular weight is 546 g/mol. The summed E-state index contributed by atoms with van der Waals surface area (Å²) < 4.78 is 43.0. The van der Waals surface area contributed by atoms with E-state index in [4.69, 9.17) is 4.74 Å². The minimum Gasteiger partial charge on any atom is -0.489 e. The second kappa shape index (κ2) is 11.8. The van der Waals surface area contributed by atoms with Gasteiger partial charge in [0.05, 0.1) is 6.61 Å². The first-order valence-electron chi connectivity index (χ1n) is 13.6. The number of amides is 2. The van der Waals surface area contributed by atoms with E-state index in [0.717, 1.165) is 89.4 Å². The SMILES string of the molecule is O=C(NC1CCC(CCN2CCN(c3nccc4c3OCC4)CC2)CC1)c1ccc(NC(=O)C(F)(F)F)cc1. The van der Waals surface area contributed by atoms with Crippen molar-refractivity contribution in [2.45, 2.75) is 50.7 Å². The Morgan fingerprint density at radius 2 is 1.72 bits per heavy atom. The van der Waals surface area contributed by atoms with Crippen LogP contribution in [0.4, 0.5) is 24.7 Å². The second-order valence-electron chi connectivity index (χ2n) is 10.6. The van der Waals surface area contributed by atoms with Crippen LogP contribution in [0.2, 0.25) is 0 Å². The zero-order valence-corrected chi connectivity index (χ0v) is 21.8. The standard InChI is InChI=1S/C28H34F3N5O3/c29-28(30,31)27(38)34-23-7-3-21(4-8-23)26(37)33-22-5-1-19(2-6-22)10-13-35-14-16-36(17-15-35)25-24-20(9-12-32-25)11-18-39-24/h3-4,7-9,12,19,22H,1-2,5-6,10-11,13-18H2,(H,33,37)(H,34,38). The lowest BCUT2D eigenvalue weighted by molar-refractivity contribution is -0.167. The number of hydrogen-bond donors (Lipinski definition) is 2. The first kappa shape index (κ1) is 27.2. The van der Waals surface area contributed by atoms with Gasteiger partial charge in [0.25, 0.3) is 5.91 Å². The highest BCUT2D eigenvalue weighted by molar-refractivity contribution is 5.97. The van der Waals surface area contributed by atoms with Crippen LogP contribution < -0.4 is 20.3 Å². The van der Waals surface area contributed by atoms with E-state index in [2.05, 4.69) is 20.1 Å². The van der Waals surface area contributed by atoms with Crippen molar-refractivity contribution in [3.63, 3.8) is 0 Å². The number of rotatable bonds is 7. The van der Waals surface area contributed by atoms with Crippen molar-refractivity contribution in [2.24, 2.45) is 5.92 Å². The van der Waals surface area contributed by atoms with Gasteiger partial charge in [0.15, 0.2) is 11.6 Å². The van der Waals surface area contributed by atoms with Crippen LogP contribution in [0.25, 0.3) is 0 Å². The molecule has 2 N–H and O–H groups in total. The normalized spacial score (nSPS) is 21.7. The fourth-order valence-electron chi connectivity index (χ4n) is 5.64. The Morgan fingerprint density at radius 1 is 1.00 bits per heavy atom. The zero-order valence-electron chi connectivity index (χ0n) is 21.8. The summed E-state index contributed by atoms with van der Waals surface area (Å²) in [6.07, 6.45) is 2.97. The van der Waals surface area contributed by atoms with Gasteiger partial charge in [-0.3, -0.25) is 14.5 Å². The van der Waals surface area contributed by atoms with Crippen LogP contribution in [0.3, 0.4) is 0 Å². The number of carbonyl (C=O) groups is 2. The van der Waals surface area contributed by atoms with Crippen molar-refractivity contribution >= 4 is 23.3 Å². The van der Waals surface area contributed by atoms with E-state index < -0.39 is 12.1 Å². The monoisotopic (exact) mass is 545 g/mol. The summed E-state index contributed by atoms with van der Waals surface area (Å²) in [6, 6.07) is 7.57. The molecule has 2 fully saturated rings.